The van der Waals surface area contributed by atoms with Gasteiger partial charge in [-0.2, -0.15) is 4.72 Å². The van der Waals surface area contributed by atoms with E-state index in [4.69, 9.17) is 11.5 Å². The third kappa shape index (κ3) is 3.21. The van der Waals surface area contributed by atoms with Gasteiger partial charge in [-0.25, -0.2) is 8.42 Å². The molecule has 0 fully saturated rings. The van der Waals surface area contributed by atoms with Gasteiger partial charge in [0.25, 0.3) is 0 Å². The summed E-state index contributed by atoms with van der Waals surface area (Å²) in [6.07, 6.45) is 0.543. The molecule has 0 radical (unpaired) electrons. The van der Waals surface area contributed by atoms with Crippen molar-refractivity contribution in [3.63, 3.8) is 0 Å². The van der Waals surface area contributed by atoms with Crippen LogP contribution in [-0.2, 0) is 21.2 Å². The molecule has 0 aromatic heterocycles. The number of benzene rings is 1. The predicted octanol–water partition coefficient (Wildman–Crippen LogP) is -0.0167. The molecule has 0 aliphatic heterocycles. The highest BCUT2D eigenvalue weighted by molar-refractivity contribution is 7.89. The van der Waals surface area contributed by atoms with E-state index in [9.17, 15) is 13.2 Å². The maximum absolute atomic E-state index is 12.1. The van der Waals surface area contributed by atoms with Crippen molar-refractivity contribution in [3.8, 4) is 0 Å². The van der Waals surface area contributed by atoms with E-state index in [1.807, 2.05) is 6.92 Å². The number of nitrogens with two attached hydrogens (primary N) is 2. The van der Waals surface area contributed by atoms with Crippen LogP contribution >= 0.6 is 0 Å². The molecule has 0 spiro atoms. The van der Waals surface area contributed by atoms with Gasteiger partial charge in [-0.3, -0.25) is 4.79 Å². The zero-order chi connectivity index (χ0) is 13.9. The Morgan fingerprint density at radius 3 is 2.56 bits per heavy atom. The summed E-state index contributed by atoms with van der Waals surface area (Å²) in [4.78, 5) is 11.0. The molecule has 1 aromatic rings. The van der Waals surface area contributed by atoms with Gasteiger partial charge < -0.3 is 11.5 Å². The SMILES string of the molecule is CCc1ccc(N)cc1S(=O)(=O)NC(C)C(N)=O. The van der Waals surface area contributed by atoms with Crippen molar-refractivity contribution in [1.29, 1.82) is 0 Å². The van der Waals surface area contributed by atoms with Crippen LogP contribution in [0.25, 0.3) is 0 Å². The van der Waals surface area contributed by atoms with E-state index in [2.05, 4.69) is 4.72 Å². The highest BCUT2D eigenvalue weighted by atomic mass is 32.2. The molecule has 0 saturated carbocycles. The van der Waals surface area contributed by atoms with Crippen LogP contribution < -0.4 is 16.2 Å². The fourth-order valence-corrected chi connectivity index (χ4v) is 3.03. The first-order chi connectivity index (χ1) is 8.27. The van der Waals surface area contributed by atoms with Gasteiger partial charge in [0.15, 0.2) is 0 Å². The second-order valence-electron chi connectivity index (χ2n) is 3.97. The molecule has 1 amide bonds. The molecule has 0 bridgehead atoms. The quantitative estimate of drug-likeness (QED) is 0.653. The lowest BCUT2D eigenvalue weighted by molar-refractivity contribution is -0.119. The van der Waals surface area contributed by atoms with Gasteiger partial charge in [-0.15, -0.1) is 0 Å². The monoisotopic (exact) mass is 271 g/mol. The van der Waals surface area contributed by atoms with Crippen LogP contribution in [-0.4, -0.2) is 20.4 Å². The Hall–Kier alpha value is -1.60. The molecule has 0 aliphatic rings. The Kier molecular flexibility index (Phi) is 4.31. The second-order valence-corrected chi connectivity index (χ2v) is 5.65. The zero-order valence-corrected chi connectivity index (χ0v) is 11.1. The van der Waals surface area contributed by atoms with Gasteiger partial charge >= 0.3 is 0 Å². The van der Waals surface area contributed by atoms with Gasteiger partial charge in [0.05, 0.1) is 10.9 Å². The molecule has 18 heavy (non-hydrogen) atoms. The molecule has 0 aliphatic carbocycles. The molecular weight excluding hydrogens is 254 g/mol. The van der Waals surface area contributed by atoms with Gasteiger partial charge in [-0.1, -0.05) is 13.0 Å². The summed E-state index contributed by atoms with van der Waals surface area (Å²) in [6, 6.07) is 3.68. The fraction of sp³-hybridized carbons (Fsp3) is 0.364. The van der Waals surface area contributed by atoms with Crippen molar-refractivity contribution in [2.75, 3.05) is 5.73 Å². The van der Waals surface area contributed by atoms with E-state index in [0.717, 1.165) is 0 Å². The maximum atomic E-state index is 12.1. The average molecular weight is 271 g/mol. The number of rotatable bonds is 5. The van der Waals surface area contributed by atoms with Crippen LogP contribution in [0.3, 0.4) is 0 Å². The Morgan fingerprint density at radius 1 is 1.44 bits per heavy atom. The Balaban J connectivity index is 3.19. The minimum Gasteiger partial charge on any atom is -0.399 e. The van der Waals surface area contributed by atoms with Gasteiger partial charge in [0, 0.05) is 5.69 Å². The minimum atomic E-state index is -3.80. The molecule has 6 nitrogen and oxygen atoms in total. The molecule has 1 unspecified atom stereocenters. The number of amides is 1. The molecule has 1 atom stereocenters. The molecule has 0 saturated heterocycles. The zero-order valence-electron chi connectivity index (χ0n) is 10.3. The summed E-state index contributed by atoms with van der Waals surface area (Å²) in [7, 11) is -3.80. The molecule has 0 heterocycles. The van der Waals surface area contributed by atoms with Gasteiger partial charge in [-0.05, 0) is 31.0 Å². The van der Waals surface area contributed by atoms with E-state index >= 15 is 0 Å². The highest BCUT2D eigenvalue weighted by Gasteiger charge is 2.22. The first-order valence-electron chi connectivity index (χ1n) is 5.48. The first kappa shape index (κ1) is 14.5. The fourth-order valence-electron chi connectivity index (χ4n) is 1.47. The molecule has 5 N–H and O–H groups in total. The Bertz CT molecular complexity index is 555. The topological polar surface area (TPSA) is 115 Å². The molecule has 1 rings (SSSR count). The summed E-state index contributed by atoms with van der Waals surface area (Å²) in [5.41, 5.74) is 11.6. The maximum Gasteiger partial charge on any atom is 0.241 e. The third-order valence-corrected chi connectivity index (χ3v) is 4.14. The van der Waals surface area contributed by atoms with Crippen molar-refractivity contribution in [1.82, 2.24) is 4.72 Å². The average Bonchev–Trinajstić information content (AvgIpc) is 2.28. The number of hydrogen-bond donors (Lipinski definition) is 3. The number of sulfonamides is 1. The smallest absolute Gasteiger partial charge is 0.241 e. The number of anilines is 1. The van der Waals surface area contributed by atoms with E-state index in [1.165, 1.54) is 13.0 Å². The van der Waals surface area contributed by atoms with E-state index < -0.39 is 22.0 Å². The number of nitrogen functional groups attached to an aromatic ring is 1. The summed E-state index contributed by atoms with van der Waals surface area (Å²) < 4.78 is 26.4. The summed E-state index contributed by atoms with van der Waals surface area (Å²) in [6.45, 7) is 3.22. The van der Waals surface area contributed by atoms with Gasteiger partial charge in [0.2, 0.25) is 15.9 Å². The second kappa shape index (κ2) is 5.36. The lowest BCUT2D eigenvalue weighted by atomic mass is 10.1. The van der Waals surface area contributed by atoms with Crippen LogP contribution in [0.4, 0.5) is 5.69 Å². The summed E-state index contributed by atoms with van der Waals surface area (Å²) in [5, 5.41) is 0. The van der Waals surface area contributed by atoms with Crippen molar-refractivity contribution in [2.24, 2.45) is 5.73 Å². The number of hydrogen-bond acceptors (Lipinski definition) is 4. The van der Waals surface area contributed by atoms with Crippen LogP contribution in [0.5, 0.6) is 0 Å². The van der Waals surface area contributed by atoms with Crippen LogP contribution in [0.2, 0.25) is 0 Å². The number of nitrogens with one attached hydrogen (secondary N) is 1. The number of carbonyl (C=O) groups excluding carboxylic acids is 1. The Morgan fingerprint density at radius 2 is 2.06 bits per heavy atom. The molecular formula is C11H17N3O3S. The molecule has 1 aromatic carbocycles. The third-order valence-electron chi connectivity index (χ3n) is 2.52. The predicted molar refractivity (Wildman–Crippen MR) is 69.2 cm³/mol. The Labute approximate surface area is 106 Å². The first-order valence-corrected chi connectivity index (χ1v) is 6.96. The normalized spacial score (nSPS) is 13.2. The minimum absolute atomic E-state index is 0.0816. The number of carbonyl (C=O) groups is 1. The van der Waals surface area contributed by atoms with Crippen molar-refractivity contribution >= 4 is 21.6 Å². The molecule has 100 valence electrons. The molecule has 7 heteroatoms. The number of primary amides is 1. The largest absolute Gasteiger partial charge is 0.399 e. The summed E-state index contributed by atoms with van der Waals surface area (Å²) in [5.74, 6) is -0.736. The van der Waals surface area contributed by atoms with Crippen LogP contribution in [0.1, 0.15) is 19.4 Å². The van der Waals surface area contributed by atoms with E-state index in [0.29, 0.717) is 17.7 Å². The van der Waals surface area contributed by atoms with E-state index in [1.54, 1.807) is 12.1 Å². The van der Waals surface area contributed by atoms with Crippen molar-refractivity contribution in [3.05, 3.63) is 23.8 Å². The lowest BCUT2D eigenvalue weighted by Gasteiger charge is -2.14. The lowest BCUT2D eigenvalue weighted by Crippen LogP contribution is -2.42. The van der Waals surface area contributed by atoms with Crippen molar-refractivity contribution < 1.29 is 13.2 Å². The van der Waals surface area contributed by atoms with Crippen LogP contribution in [0, 0.1) is 0 Å². The van der Waals surface area contributed by atoms with Crippen molar-refractivity contribution in [2.45, 2.75) is 31.2 Å². The standard InChI is InChI=1S/C11H17N3O3S/c1-3-8-4-5-9(12)6-10(8)18(16,17)14-7(2)11(13)15/h4-7,14H,3,12H2,1-2H3,(H2,13,15). The van der Waals surface area contributed by atoms with Gasteiger partial charge in [0.1, 0.15) is 0 Å². The van der Waals surface area contributed by atoms with E-state index in [-0.39, 0.29) is 4.90 Å². The van der Waals surface area contributed by atoms with Crippen LogP contribution in [0.15, 0.2) is 23.1 Å². The summed E-state index contributed by atoms with van der Waals surface area (Å²) >= 11 is 0. The highest BCUT2D eigenvalue weighted by Crippen LogP contribution is 2.19. The number of aryl methyl sites for hydroxylation is 1.